The van der Waals surface area contributed by atoms with Crippen LogP contribution in [0.1, 0.15) is 16.1 Å². The molecule has 0 fully saturated rings. The fourth-order valence-electron chi connectivity index (χ4n) is 2.03. The Hall–Kier alpha value is -2.70. The van der Waals surface area contributed by atoms with Crippen LogP contribution in [0.4, 0.5) is 11.5 Å². The van der Waals surface area contributed by atoms with Crippen molar-refractivity contribution in [1.29, 1.82) is 0 Å². The topological polar surface area (TPSA) is 79.8 Å². The number of halogens is 2. The third kappa shape index (κ3) is 4.43. The molecular formula is C17H13Cl2N5O. The number of carbonyl (C=O) groups excluding carboxylic acids is 1. The molecule has 126 valence electrons. The molecule has 1 amide bonds. The summed E-state index contributed by atoms with van der Waals surface area (Å²) >= 11 is 12.1. The Morgan fingerprint density at radius 1 is 1.04 bits per heavy atom. The normalized spacial score (nSPS) is 10.3. The van der Waals surface area contributed by atoms with E-state index >= 15 is 0 Å². The number of hydrogen-bond donors (Lipinski definition) is 2. The van der Waals surface area contributed by atoms with Crippen LogP contribution in [-0.4, -0.2) is 21.1 Å². The Labute approximate surface area is 154 Å². The van der Waals surface area contributed by atoms with Crippen LogP contribution in [-0.2, 0) is 6.54 Å². The van der Waals surface area contributed by atoms with E-state index in [0.29, 0.717) is 28.1 Å². The number of carbonyl (C=O) groups is 1. The van der Waals surface area contributed by atoms with Gasteiger partial charge in [-0.1, -0.05) is 35.3 Å². The smallest absolute Gasteiger partial charge is 0.272 e. The molecule has 0 aliphatic rings. The molecule has 8 heteroatoms. The average Bonchev–Trinajstić information content (AvgIpc) is 2.65. The first-order valence-corrected chi connectivity index (χ1v) is 8.11. The van der Waals surface area contributed by atoms with Crippen LogP contribution in [0.5, 0.6) is 0 Å². The van der Waals surface area contributed by atoms with Gasteiger partial charge >= 0.3 is 0 Å². The monoisotopic (exact) mass is 373 g/mol. The van der Waals surface area contributed by atoms with Gasteiger partial charge in [-0.3, -0.25) is 9.78 Å². The van der Waals surface area contributed by atoms with Crippen molar-refractivity contribution in [3.8, 4) is 0 Å². The van der Waals surface area contributed by atoms with E-state index in [0.717, 1.165) is 5.56 Å². The van der Waals surface area contributed by atoms with Crippen LogP contribution in [0.15, 0.2) is 54.9 Å². The number of benzene rings is 1. The average molecular weight is 374 g/mol. The molecule has 0 saturated heterocycles. The van der Waals surface area contributed by atoms with Crippen LogP contribution in [0.2, 0.25) is 10.0 Å². The number of anilines is 2. The van der Waals surface area contributed by atoms with Gasteiger partial charge in [0.05, 0.1) is 15.7 Å². The minimum Gasteiger partial charge on any atom is -0.347 e. The number of nitrogens with one attached hydrogen (secondary N) is 2. The van der Waals surface area contributed by atoms with Crippen LogP contribution in [0.25, 0.3) is 0 Å². The molecular weight excluding hydrogens is 361 g/mol. The first-order valence-electron chi connectivity index (χ1n) is 7.35. The highest BCUT2D eigenvalue weighted by molar-refractivity contribution is 6.43. The predicted octanol–water partition coefficient (Wildman–Crippen LogP) is 3.85. The molecule has 0 saturated carbocycles. The summed E-state index contributed by atoms with van der Waals surface area (Å²) in [6.07, 6.45) is 3.36. The Morgan fingerprint density at radius 3 is 2.64 bits per heavy atom. The minimum atomic E-state index is -0.316. The highest BCUT2D eigenvalue weighted by Crippen LogP contribution is 2.31. The second-order valence-corrected chi connectivity index (χ2v) is 5.86. The minimum absolute atomic E-state index is 0.214. The maximum absolute atomic E-state index is 12.1. The fourth-order valence-corrected chi connectivity index (χ4v) is 2.38. The van der Waals surface area contributed by atoms with Gasteiger partial charge in [0, 0.05) is 18.9 Å². The van der Waals surface area contributed by atoms with E-state index in [1.807, 2.05) is 12.1 Å². The molecule has 0 aliphatic carbocycles. The van der Waals surface area contributed by atoms with Crippen molar-refractivity contribution in [3.05, 3.63) is 76.2 Å². The summed E-state index contributed by atoms with van der Waals surface area (Å²) < 4.78 is 0. The van der Waals surface area contributed by atoms with E-state index in [-0.39, 0.29) is 11.6 Å². The zero-order valence-corrected chi connectivity index (χ0v) is 14.4. The third-order valence-electron chi connectivity index (χ3n) is 3.29. The van der Waals surface area contributed by atoms with E-state index < -0.39 is 0 Å². The second-order valence-electron chi connectivity index (χ2n) is 5.07. The van der Waals surface area contributed by atoms with Gasteiger partial charge in [-0.05, 0) is 35.9 Å². The molecule has 0 atom stereocenters. The first-order chi connectivity index (χ1) is 12.1. The first kappa shape index (κ1) is 17.1. The van der Waals surface area contributed by atoms with Crippen molar-refractivity contribution < 1.29 is 4.79 Å². The van der Waals surface area contributed by atoms with Gasteiger partial charge in [0.25, 0.3) is 5.91 Å². The maximum Gasteiger partial charge on any atom is 0.272 e. The third-order valence-corrected chi connectivity index (χ3v) is 4.11. The van der Waals surface area contributed by atoms with E-state index in [4.69, 9.17) is 23.2 Å². The largest absolute Gasteiger partial charge is 0.347 e. The van der Waals surface area contributed by atoms with E-state index in [1.54, 1.807) is 42.7 Å². The molecule has 0 bridgehead atoms. The Bertz CT molecular complexity index is 872. The summed E-state index contributed by atoms with van der Waals surface area (Å²) in [7, 11) is 0. The van der Waals surface area contributed by atoms with Gasteiger partial charge in [-0.25, -0.2) is 0 Å². The van der Waals surface area contributed by atoms with E-state index in [1.165, 1.54) is 0 Å². The lowest BCUT2D eigenvalue weighted by Crippen LogP contribution is -2.24. The van der Waals surface area contributed by atoms with Crippen molar-refractivity contribution in [3.63, 3.8) is 0 Å². The summed E-state index contributed by atoms with van der Waals surface area (Å²) in [6.45, 7) is 0.368. The molecule has 3 rings (SSSR count). The molecule has 25 heavy (non-hydrogen) atoms. The van der Waals surface area contributed by atoms with Gasteiger partial charge in [-0.15, -0.1) is 10.2 Å². The van der Waals surface area contributed by atoms with Crippen LogP contribution in [0, 0.1) is 0 Å². The second kappa shape index (κ2) is 7.92. The molecule has 0 spiro atoms. The van der Waals surface area contributed by atoms with Crippen molar-refractivity contribution in [2.45, 2.75) is 6.54 Å². The lowest BCUT2D eigenvalue weighted by atomic mass is 10.3. The molecule has 2 aromatic heterocycles. The number of aromatic nitrogens is 3. The number of amides is 1. The van der Waals surface area contributed by atoms with Gasteiger partial charge < -0.3 is 10.6 Å². The lowest BCUT2D eigenvalue weighted by Gasteiger charge is -2.08. The summed E-state index contributed by atoms with van der Waals surface area (Å²) in [5.74, 6) is 0.136. The highest BCUT2D eigenvalue weighted by atomic mass is 35.5. The van der Waals surface area contributed by atoms with Gasteiger partial charge in [-0.2, -0.15) is 0 Å². The van der Waals surface area contributed by atoms with Gasteiger partial charge in [0.2, 0.25) is 0 Å². The van der Waals surface area contributed by atoms with Gasteiger partial charge in [0.15, 0.2) is 11.5 Å². The lowest BCUT2D eigenvalue weighted by molar-refractivity contribution is 0.0945. The number of hydrogen-bond acceptors (Lipinski definition) is 5. The van der Waals surface area contributed by atoms with Gasteiger partial charge in [0.1, 0.15) is 0 Å². The molecule has 1 aromatic carbocycles. The standard InChI is InChI=1S/C17H13Cl2N5O/c18-12-4-1-5-13(16(12)19)22-15-7-6-14(23-24-15)17(25)21-10-11-3-2-8-20-9-11/h1-9H,10H2,(H,21,25)(H,22,24). The van der Waals surface area contributed by atoms with Crippen LogP contribution >= 0.6 is 23.2 Å². The number of nitrogens with zero attached hydrogens (tertiary/aromatic N) is 3. The van der Waals surface area contributed by atoms with Crippen LogP contribution in [0.3, 0.4) is 0 Å². The van der Waals surface area contributed by atoms with Crippen molar-refractivity contribution >= 4 is 40.6 Å². The number of rotatable bonds is 5. The summed E-state index contributed by atoms with van der Waals surface area (Å²) in [4.78, 5) is 16.1. The Balaban J connectivity index is 1.63. The summed E-state index contributed by atoms with van der Waals surface area (Å²) in [5.41, 5.74) is 1.72. The molecule has 2 heterocycles. The molecule has 6 nitrogen and oxygen atoms in total. The van der Waals surface area contributed by atoms with E-state index in [2.05, 4.69) is 25.8 Å². The fraction of sp³-hybridized carbons (Fsp3) is 0.0588. The van der Waals surface area contributed by atoms with Crippen molar-refractivity contribution in [2.75, 3.05) is 5.32 Å². The van der Waals surface area contributed by atoms with Crippen molar-refractivity contribution in [1.82, 2.24) is 20.5 Å². The quantitative estimate of drug-likeness (QED) is 0.709. The van der Waals surface area contributed by atoms with Crippen molar-refractivity contribution in [2.24, 2.45) is 0 Å². The molecule has 2 N–H and O–H groups in total. The zero-order chi connectivity index (χ0) is 17.6. The zero-order valence-electron chi connectivity index (χ0n) is 12.9. The summed E-state index contributed by atoms with van der Waals surface area (Å²) in [5, 5.41) is 14.5. The summed E-state index contributed by atoms with van der Waals surface area (Å²) in [6, 6.07) is 12.1. The Kier molecular flexibility index (Phi) is 5.42. The molecule has 3 aromatic rings. The molecule has 0 unspecified atom stereocenters. The Morgan fingerprint density at radius 2 is 1.92 bits per heavy atom. The highest BCUT2D eigenvalue weighted by Gasteiger charge is 2.09. The SMILES string of the molecule is O=C(NCc1cccnc1)c1ccc(Nc2cccc(Cl)c2Cl)nn1. The predicted molar refractivity (Wildman–Crippen MR) is 97.2 cm³/mol. The molecule has 0 aliphatic heterocycles. The van der Waals surface area contributed by atoms with E-state index in [9.17, 15) is 4.79 Å². The molecule has 0 radical (unpaired) electrons. The number of pyridine rings is 1. The maximum atomic E-state index is 12.1. The van der Waals surface area contributed by atoms with Crippen LogP contribution < -0.4 is 10.6 Å².